The lowest BCUT2D eigenvalue weighted by molar-refractivity contribution is -0.383. The van der Waals surface area contributed by atoms with Crippen molar-refractivity contribution in [2.75, 3.05) is 0 Å². The van der Waals surface area contributed by atoms with E-state index in [0.717, 1.165) is 0 Å². The van der Waals surface area contributed by atoms with Crippen LogP contribution in [0.4, 0.5) is 5.69 Å². The van der Waals surface area contributed by atoms with Gasteiger partial charge in [-0.05, 0) is 11.6 Å². The van der Waals surface area contributed by atoms with E-state index in [-0.39, 0.29) is 22.6 Å². The summed E-state index contributed by atoms with van der Waals surface area (Å²) in [6.45, 7) is 0. The number of hydrogen-bond donors (Lipinski definition) is 2. The van der Waals surface area contributed by atoms with Crippen molar-refractivity contribution in [1.82, 2.24) is 9.97 Å². The summed E-state index contributed by atoms with van der Waals surface area (Å²) in [6.07, 6.45) is 0. The van der Waals surface area contributed by atoms with Crippen molar-refractivity contribution < 1.29 is 4.92 Å². The van der Waals surface area contributed by atoms with Gasteiger partial charge in [-0.2, -0.15) is 0 Å². The van der Waals surface area contributed by atoms with Crippen LogP contribution in [0, 0.1) is 10.1 Å². The maximum absolute atomic E-state index is 11.1. The molecule has 7 nitrogen and oxygen atoms in total. The van der Waals surface area contributed by atoms with Crippen LogP contribution in [0.5, 0.6) is 0 Å². The topological polar surface area (TPSA) is 109 Å². The van der Waals surface area contributed by atoms with E-state index in [9.17, 15) is 19.7 Å². The molecule has 88 valence electrons. The lowest BCUT2D eigenvalue weighted by atomic mass is 10.2. The summed E-state index contributed by atoms with van der Waals surface area (Å²) in [5, 5.41) is 10.8. The number of aromatic nitrogens is 2. The van der Waals surface area contributed by atoms with E-state index in [2.05, 4.69) is 9.97 Å². The van der Waals surface area contributed by atoms with E-state index < -0.39 is 16.0 Å². The molecule has 2 rings (SSSR count). The van der Waals surface area contributed by atoms with Gasteiger partial charge < -0.3 is 9.97 Å². The molecule has 2 aromatic rings. The van der Waals surface area contributed by atoms with E-state index in [1.165, 1.54) is 12.1 Å². The second-order valence-corrected chi connectivity index (χ2v) is 3.60. The fourth-order valence-electron chi connectivity index (χ4n) is 1.49. The molecule has 0 saturated heterocycles. The van der Waals surface area contributed by atoms with Gasteiger partial charge in [0.1, 0.15) is 5.52 Å². The molecule has 8 heteroatoms. The number of hydrogen-bond acceptors (Lipinski definition) is 4. The molecule has 0 amide bonds. The smallest absolute Gasteiger partial charge is 0.314 e. The zero-order valence-electron chi connectivity index (χ0n) is 8.32. The first-order valence-corrected chi connectivity index (χ1v) is 5.06. The molecule has 1 aromatic heterocycles. The first-order chi connectivity index (χ1) is 8.02. The van der Waals surface area contributed by atoms with E-state index in [1.807, 2.05) is 0 Å². The van der Waals surface area contributed by atoms with Crippen molar-refractivity contribution in [3.8, 4) is 0 Å². The molecule has 0 spiro atoms. The van der Waals surface area contributed by atoms with Crippen LogP contribution in [-0.2, 0) is 5.88 Å². The van der Waals surface area contributed by atoms with Crippen molar-refractivity contribution in [3.63, 3.8) is 0 Å². The molecule has 0 fully saturated rings. The number of H-pyrrole nitrogens is 2. The van der Waals surface area contributed by atoms with Gasteiger partial charge in [-0.25, -0.2) is 0 Å². The van der Waals surface area contributed by atoms with Gasteiger partial charge in [-0.3, -0.25) is 19.7 Å². The average molecular weight is 256 g/mol. The summed E-state index contributed by atoms with van der Waals surface area (Å²) in [7, 11) is 0. The number of halogens is 1. The number of nitrogens with one attached hydrogen (secondary N) is 2. The molecule has 0 radical (unpaired) electrons. The minimum absolute atomic E-state index is 0.0199. The monoisotopic (exact) mass is 255 g/mol. The Morgan fingerprint density at radius 2 is 1.88 bits per heavy atom. The third-order valence-electron chi connectivity index (χ3n) is 2.22. The number of aromatic amines is 2. The molecule has 0 atom stereocenters. The fraction of sp³-hybridized carbons (Fsp3) is 0.111. The lowest BCUT2D eigenvalue weighted by Gasteiger charge is -2.01. The van der Waals surface area contributed by atoms with Crippen LogP contribution in [0.25, 0.3) is 11.0 Å². The van der Waals surface area contributed by atoms with Gasteiger partial charge in [0.25, 0.3) is 5.69 Å². The Morgan fingerprint density at radius 1 is 1.24 bits per heavy atom. The van der Waals surface area contributed by atoms with Crippen molar-refractivity contribution in [3.05, 3.63) is 48.5 Å². The molecule has 0 saturated carbocycles. The number of nitro groups is 1. The van der Waals surface area contributed by atoms with Gasteiger partial charge >= 0.3 is 11.1 Å². The zero-order chi connectivity index (χ0) is 12.6. The van der Waals surface area contributed by atoms with Crippen molar-refractivity contribution in [2.45, 2.75) is 5.88 Å². The largest absolute Gasteiger partial charge is 0.316 e. The highest BCUT2D eigenvalue weighted by Gasteiger charge is 2.15. The predicted octanol–water partition coefficient (Wildman–Crippen LogP) is 0.863. The van der Waals surface area contributed by atoms with Gasteiger partial charge in [-0.15, -0.1) is 11.6 Å². The standard InChI is InChI=1S/C9H6ClN3O4/c10-3-4-1-5-7(6(2-4)13(16)17)12-9(15)8(14)11-5/h1-2H,3H2,(H,11,14)(H,12,15). The maximum atomic E-state index is 11.1. The molecule has 0 aliphatic rings. The summed E-state index contributed by atoms with van der Waals surface area (Å²) in [5.74, 6) is 0.0674. The second-order valence-electron chi connectivity index (χ2n) is 3.34. The van der Waals surface area contributed by atoms with E-state index in [4.69, 9.17) is 11.6 Å². The minimum atomic E-state index is -0.931. The number of nitrogens with zero attached hydrogens (tertiary/aromatic N) is 1. The van der Waals surface area contributed by atoms with Gasteiger partial charge in [-0.1, -0.05) is 0 Å². The highest BCUT2D eigenvalue weighted by Crippen LogP contribution is 2.23. The normalized spacial score (nSPS) is 10.6. The first-order valence-electron chi connectivity index (χ1n) is 4.52. The number of benzene rings is 1. The molecule has 0 bridgehead atoms. The number of fused-ring (bicyclic) bond motifs is 1. The molecule has 1 aromatic carbocycles. The Labute approximate surface area is 98.2 Å². The predicted molar refractivity (Wildman–Crippen MR) is 61.4 cm³/mol. The molecular formula is C9H6ClN3O4. The Kier molecular flexibility index (Phi) is 2.68. The second kappa shape index (κ2) is 4.02. The SMILES string of the molecule is O=c1[nH]c2cc(CCl)cc([N+](=O)[O-])c2[nH]c1=O. The third kappa shape index (κ3) is 1.92. The molecule has 0 aliphatic carbocycles. The van der Waals surface area contributed by atoms with Gasteiger partial charge in [0.15, 0.2) is 0 Å². The first kappa shape index (κ1) is 11.3. The van der Waals surface area contributed by atoms with Crippen LogP contribution in [0.15, 0.2) is 21.7 Å². The number of nitro benzene ring substituents is 1. The van der Waals surface area contributed by atoms with Crippen LogP contribution in [0.2, 0.25) is 0 Å². The number of rotatable bonds is 2. The maximum Gasteiger partial charge on any atom is 0.314 e. The third-order valence-corrected chi connectivity index (χ3v) is 2.53. The minimum Gasteiger partial charge on any atom is -0.316 e. The Morgan fingerprint density at radius 3 is 2.47 bits per heavy atom. The zero-order valence-corrected chi connectivity index (χ0v) is 9.08. The van der Waals surface area contributed by atoms with Crippen LogP contribution in [0.3, 0.4) is 0 Å². The van der Waals surface area contributed by atoms with Gasteiger partial charge in [0, 0.05) is 11.9 Å². The lowest BCUT2D eigenvalue weighted by Crippen LogP contribution is -2.29. The van der Waals surface area contributed by atoms with E-state index >= 15 is 0 Å². The molecule has 0 aliphatic heterocycles. The highest BCUT2D eigenvalue weighted by molar-refractivity contribution is 6.17. The summed E-state index contributed by atoms with van der Waals surface area (Å²) < 4.78 is 0. The molecule has 17 heavy (non-hydrogen) atoms. The molecule has 2 N–H and O–H groups in total. The number of alkyl halides is 1. The summed E-state index contributed by atoms with van der Waals surface area (Å²) in [4.78, 5) is 36.8. The van der Waals surface area contributed by atoms with Crippen molar-refractivity contribution in [2.24, 2.45) is 0 Å². The van der Waals surface area contributed by atoms with E-state index in [1.54, 1.807) is 0 Å². The van der Waals surface area contributed by atoms with Crippen LogP contribution < -0.4 is 11.1 Å². The van der Waals surface area contributed by atoms with Crippen molar-refractivity contribution in [1.29, 1.82) is 0 Å². The highest BCUT2D eigenvalue weighted by atomic mass is 35.5. The van der Waals surface area contributed by atoms with Gasteiger partial charge in [0.05, 0.1) is 10.4 Å². The van der Waals surface area contributed by atoms with E-state index in [0.29, 0.717) is 5.56 Å². The van der Waals surface area contributed by atoms with Crippen LogP contribution in [0.1, 0.15) is 5.56 Å². The van der Waals surface area contributed by atoms with Crippen LogP contribution in [-0.4, -0.2) is 14.9 Å². The average Bonchev–Trinajstić information content (AvgIpc) is 2.29. The number of non-ortho nitro benzene ring substituents is 1. The fourth-order valence-corrected chi connectivity index (χ4v) is 1.64. The summed E-state index contributed by atoms with van der Waals surface area (Å²) >= 11 is 5.59. The molecule has 1 heterocycles. The van der Waals surface area contributed by atoms with Gasteiger partial charge in [0.2, 0.25) is 0 Å². The summed E-state index contributed by atoms with van der Waals surface area (Å²) in [6, 6.07) is 2.73. The Balaban J connectivity index is 2.96. The van der Waals surface area contributed by atoms with Crippen molar-refractivity contribution >= 4 is 28.3 Å². The summed E-state index contributed by atoms with van der Waals surface area (Å²) in [5.41, 5.74) is -1.45. The quantitative estimate of drug-likeness (QED) is 0.359. The molecule has 0 unspecified atom stereocenters. The Hall–Kier alpha value is -2.15. The Bertz CT molecular complexity index is 718. The van der Waals surface area contributed by atoms with Crippen LogP contribution >= 0.6 is 11.6 Å². The molecular weight excluding hydrogens is 250 g/mol.